The molecular weight excluding hydrogens is 470 g/mol. The lowest BCUT2D eigenvalue weighted by molar-refractivity contribution is -0.114. The number of benzene rings is 3. The Bertz CT molecular complexity index is 1330. The highest BCUT2D eigenvalue weighted by atomic mass is 35.5. The van der Waals surface area contributed by atoms with Gasteiger partial charge in [0.2, 0.25) is 0 Å². The number of thiocarbonyl (C=S) groups is 1. The van der Waals surface area contributed by atoms with Gasteiger partial charge in [-0.05, 0) is 54.2 Å². The number of methoxy groups -OCH3 is 1. The molecule has 6 nitrogen and oxygen atoms in total. The lowest BCUT2D eigenvalue weighted by Gasteiger charge is -2.16. The van der Waals surface area contributed by atoms with Gasteiger partial charge in [-0.3, -0.25) is 9.69 Å². The van der Waals surface area contributed by atoms with E-state index >= 15 is 0 Å². The first-order valence-corrected chi connectivity index (χ1v) is 11.1. The van der Waals surface area contributed by atoms with E-state index in [0.29, 0.717) is 44.1 Å². The van der Waals surface area contributed by atoms with Crippen LogP contribution in [-0.2, 0) is 11.4 Å². The summed E-state index contributed by atoms with van der Waals surface area (Å²) in [7, 11) is 3.26. The molecule has 0 spiro atoms. The van der Waals surface area contributed by atoms with Gasteiger partial charge in [-0.2, -0.15) is 5.26 Å². The van der Waals surface area contributed by atoms with Crippen LogP contribution in [0.1, 0.15) is 16.7 Å². The maximum Gasteiger partial charge on any atom is 0.281 e. The van der Waals surface area contributed by atoms with E-state index in [9.17, 15) is 10.1 Å². The second-order valence-corrected chi connectivity index (χ2v) is 8.21. The quantitative estimate of drug-likeness (QED) is 0.341. The van der Waals surface area contributed by atoms with Crippen molar-refractivity contribution in [2.45, 2.75) is 6.61 Å². The van der Waals surface area contributed by atoms with Crippen molar-refractivity contribution in [3.63, 3.8) is 0 Å². The summed E-state index contributed by atoms with van der Waals surface area (Å²) in [4.78, 5) is 16.3. The lowest BCUT2D eigenvalue weighted by atomic mass is 10.1. The van der Waals surface area contributed by atoms with Gasteiger partial charge in [0.25, 0.3) is 5.91 Å². The fourth-order valence-corrected chi connectivity index (χ4v) is 4.15. The third kappa shape index (κ3) is 4.46. The number of rotatable bonds is 6. The van der Waals surface area contributed by atoms with Gasteiger partial charge in [0.1, 0.15) is 12.3 Å². The molecule has 1 fully saturated rings. The Hall–Kier alpha value is -3.86. The number of anilines is 1. The number of amides is 1. The van der Waals surface area contributed by atoms with Gasteiger partial charge in [0.15, 0.2) is 16.6 Å². The van der Waals surface area contributed by atoms with E-state index < -0.39 is 0 Å². The van der Waals surface area contributed by atoms with Crippen LogP contribution < -0.4 is 14.4 Å². The highest BCUT2D eigenvalue weighted by molar-refractivity contribution is 7.80. The number of likely N-dealkylation sites (N-methyl/N-ethyl adjacent to an activating group) is 1. The molecule has 4 rings (SSSR count). The van der Waals surface area contributed by atoms with E-state index in [2.05, 4.69) is 6.07 Å². The zero-order chi connectivity index (χ0) is 24.2. The fraction of sp³-hybridized carbons (Fsp3) is 0.115. The van der Waals surface area contributed by atoms with Crippen molar-refractivity contribution < 1.29 is 14.3 Å². The van der Waals surface area contributed by atoms with Crippen LogP contribution in [0, 0.1) is 11.3 Å². The van der Waals surface area contributed by atoms with Crippen LogP contribution in [0.4, 0.5) is 5.69 Å². The summed E-state index contributed by atoms with van der Waals surface area (Å²) in [6.07, 6.45) is 1.71. The number of carbonyl (C=O) groups is 1. The molecule has 8 heteroatoms. The molecule has 3 aromatic rings. The number of hydrogen-bond donors (Lipinski definition) is 0. The molecule has 1 aliphatic rings. The zero-order valence-electron chi connectivity index (χ0n) is 18.5. The second kappa shape index (κ2) is 9.96. The summed E-state index contributed by atoms with van der Waals surface area (Å²) >= 11 is 12.0. The number of halogens is 1. The molecule has 0 atom stereocenters. The van der Waals surface area contributed by atoms with Crippen molar-refractivity contribution in [3.8, 4) is 17.6 Å². The third-order valence-electron chi connectivity index (χ3n) is 5.34. The lowest BCUT2D eigenvalue weighted by Crippen LogP contribution is -2.30. The summed E-state index contributed by atoms with van der Waals surface area (Å²) in [5.74, 6) is 0.526. The van der Waals surface area contributed by atoms with Crippen molar-refractivity contribution in [1.29, 1.82) is 5.26 Å². The molecule has 1 aliphatic heterocycles. The molecule has 170 valence electrons. The summed E-state index contributed by atoms with van der Waals surface area (Å²) in [5.41, 5.74) is 3.02. The topological polar surface area (TPSA) is 65.8 Å². The van der Waals surface area contributed by atoms with E-state index in [-0.39, 0.29) is 12.5 Å². The van der Waals surface area contributed by atoms with E-state index in [1.54, 1.807) is 42.3 Å². The maximum absolute atomic E-state index is 13.2. The monoisotopic (exact) mass is 489 g/mol. The molecule has 0 aliphatic carbocycles. The van der Waals surface area contributed by atoms with Crippen molar-refractivity contribution in [3.05, 3.63) is 94.1 Å². The molecule has 0 bridgehead atoms. The van der Waals surface area contributed by atoms with Gasteiger partial charge in [0.05, 0.1) is 29.5 Å². The smallest absolute Gasteiger partial charge is 0.281 e. The molecule has 0 saturated carbocycles. The van der Waals surface area contributed by atoms with Gasteiger partial charge < -0.3 is 14.4 Å². The van der Waals surface area contributed by atoms with E-state index in [0.717, 1.165) is 5.56 Å². The van der Waals surface area contributed by atoms with Crippen molar-refractivity contribution in [2.75, 3.05) is 19.1 Å². The summed E-state index contributed by atoms with van der Waals surface area (Å²) < 4.78 is 11.4. The molecule has 1 heterocycles. The Morgan fingerprint density at radius 2 is 1.82 bits per heavy atom. The normalized spacial score (nSPS) is 14.5. The number of nitriles is 1. The first-order valence-electron chi connectivity index (χ1n) is 10.3. The van der Waals surface area contributed by atoms with Gasteiger partial charge in [0, 0.05) is 12.6 Å². The molecule has 0 radical (unpaired) electrons. The Balaban J connectivity index is 1.63. The van der Waals surface area contributed by atoms with Gasteiger partial charge in [-0.25, -0.2) is 0 Å². The first-order chi connectivity index (χ1) is 16.4. The van der Waals surface area contributed by atoms with E-state index in [4.69, 9.17) is 33.3 Å². The molecule has 34 heavy (non-hydrogen) atoms. The number of carbonyl (C=O) groups excluding carboxylic acids is 1. The van der Waals surface area contributed by atoms with Crippen LogP contribution >= 0.6 is 23.8 Å². The average molecular weight is 490 g/mol. The molecular formula is C26H20ClN3O3S. The van der Waals surface area contributed by atoms with Crippen LogP contribution in [0.15, 0.2) is 72.4 Å². The minimum atomic E-state index is -0.234. The summed E-state index contributed by atoms with van der Waals surface area (Å²) in [6, 6.07) is 22.0. The maximum atomic E-state index is 13.2. The van der Waals surface area contributed by atoms with Gasteiger partial charge in [-0.1, -0.05) is 48.0 Å². The zero-order valence-corrected chi connectivity index (χ0v) is 20.1. The van der Waals surface area contributed by atoms with Crippen LogP contribution in [0.2, 0.25) is 5.02 Å². The van der Waals surface area contributed by atoms with Crippen LogP contribution in [-0.4, -0.2) is 30.1 Å². The minimum absolute atomic E-state index is 0.155. The standard InChI is InChI=1S/C26H20ClN3O3S/c1-29-22(25(31)30(26(29)34)20-10-4-3-5-11-20)13-17-12-21(27)24(23(14-17)32-2)33-16-19-9-7-6-8-18(19)15-28/h3-14H,16H2,1-2H3. The second-order valence-electron chi connectivity index (χ2n) is 7.44. The third-order valence-corrected chi connectivity index (χ3v) is 6.08. The first kappa shape index (κ1) is 23.3. The number of hydrogen-bond acceptors (Lipinski definition) is 5. The minimum Gasteiger partial charge on any atom is -0.493 e. The van der Waals surface area contributed by atoms with Crippen molar-refractivity contribution in [2.24, 2.45) is 0 Å². The number of ether oxygens (including phenoxy) is 2. The van der Waals surface area contributed by atoms with E-state index in [1.165, 1.54) is 12.0 Å². The van der Waals surface area contributed by atoms with Gasteiger partial charge >= 0.3 is 0 Å². The molecule has 1 saturated heterocycles. The van der Waals surface area contributed by atoms with Crippen LogP contribution in [0.3, 0.4) is 0 Å². The SMILES string of the molecule is COc1cc(C=C2C(=O)N(c3ccccc3)C(=S)N2C)cc(Cl)c1OCc1ccccc1C#N. The Labute approximate surface area is 208 Å². The number of nitrogens with zero attached hydrogens (tertiary/aromatic N) is 3. The predicted molar refractivity (Wildman–Crippen MR) is 136 cm³/mol. The van der Waals surface area contributed by atoms with Crippen LogP contribution in [0.5, 0.6) is 11.5 Å². The Morgan fingerprint density at radius 3 is 2.53 bits per heavy atom. The summed E-state index contributed by atoms with van der Waals surface area (Å²) in [6.45, 7) is 0.155. The molecule has 1 amide bonds. The molecule has 3 aromatic carbocycles. The Kier molecular flexibility index (Phi) is 6.82. The van der Waals surface area contributed by atoms with Crippen LogP contribution in [0.25, 0.3) is 6.08 Å². The fourth-order valence-electron chi connectivity index (χ4n) is 3.59. The van der Waals surface area contributed by atoms with Crippen molar-refractivity contribution >= 4 is 46.6 Å². The molecule has 0 N–H and O–H groups in total. The van der Waals surface area contributed by atoms with E-state index in [1.807, 2.05) is 42.5 Å². The highest BCUT2D eigenvalue weighted by Crippen LogP contribution is 2.38. The number of para-hydroxylation sites is 1. The van der Waals surface area contributed by atoms with Crippen molar-refractivity contribution in [1.82, 2.24) is 4.90 Å². The van der Waals surface area contributed by atoms with Gasteiger partial charge in [-0.15, -0.1) is 0 Å². The molecule has 0 aromatic heterocycles. The highest BCUT2D eigenvalue weighted by Gasteiger charge is 2.36. The molecule has 0 unspecified atom stereocenters. The Morgan fingerprint density at radius 1 is 1.12 bits per heavy atom. The average Bonchev–Trinajstić information content (AvgIpc) is 3.06. The largest absolute Gasteiger partial charge is 0.493 e. The predicted octanol–water partition coefficient (Wildman–Crippen LogP) is 5.40. The summed E-state index contributed by atoms with van der Waals surface area (Å²) in [5, 5.41) is 9.99.